The Balaban J connectivity index is 3.58. The standard InChI is InChI=1S/C9H18NO/c1-3-8(2)6-9(7-11)4-5-10/h8-9H,3-6,10H2,1-2H3. The van der Waals surface area contributed by atoms with Crippen LogP contribution in [0, 0.1) is 11.8 Å². The number of nitrogens with two attached hydrogens (primary N) is 1. The van der Waals surface area contributed by atoms with Gasteiger partial charge in [0.15, 0.2) is 0 Å². The maximum atomic E-state index is 10.4. The third-order valence-corrected chi connectivity index (χ3v) is 2.07. The molecule has 0 aromatic carbocycles. The first-order valence-electron chi connectivity index (χ1n) is 4.32. The Bertz CT molecular complexity index is 104. The molecule has 2 nitrogen and oxygen atoms in total. The number of hydrogen-bond donors (Lipinski definition) is 1. The van der Waals surface area contributed by atoms with Gasteiger partial charge in [-0.25, -0.2) is 0 Å². The van der Waals surface area contributed by atoms with Crippen molar-refractivity contribution in [2.75, 3.05) is 6.54 Å². The zero-order valence-electron chi connectivity index (χ0n) is 7.47. The minimum Gasteiger partial charge on any atom is -0.330 e. The van der Waals surface area contributed by atoms with Gasteiger partial charge >= 0.3 is 0 Å². The van der Waals surface area contributed by atoms with Crippen LogP contribution in [-0.4, -0.2) is 12.8 Å². The molecule has 0 aliphatic carbocycles. The first kappa shape index (κ1) is 10.6. The Labute approximate surface area is 69.2 Å². The van der Waals surface area contributed by atoms with E-state index in [9.17, 15) is 4.79 Å². The highest BCUT2D eigenvalue weighted by Gasteiger charge is 2.10. The molecule has 0 aromatic rings. The van der Waals surface area contributed by atoms with Gasteiger partial charge in [0.25, 0.3) is 0 Å². The normalized spacial score (nSPS) is 15.9. The fourth-order valence-electron chi connectivity index (χ4n) is 1.08. The molecule has 2 unspecified atom stereocenters. The van der Waals surface area contributed by atoms with Crippen molar-refractivity contribution in [3.05, 3.63) is 0 Å². The molecule has 0 heterocycles. The van der Waals surface area contributed by atoms with Crippen LogP contribution in [0.1, 0.15) is 33.1 Å². The van der Waals surface area contributed by atoms with E-state index in [-0.39, 0.29) is 5.92 Å². The van der Waals surface area contributed by atoms with Crippen molar-refractivity contribution < 1.29 is 4.79 Å². The SMILES string of the molecule is CCC(C)CC([C]=O)CCN. The summed E-state index contributed by atoms with van der Waals surface area (Å²) in [7, 11) is 0. The van der Waals surface area contributed by atoms with Crippen LogP contribution in [0.2, 0.25) is 0 Å². The first-order valence-corrected chi connectivity index (χ1v) is 4.32. The van der Waals surface area contributed by atoms with E-state index < -0.39 is 0 Å². The Kier molecular flexibility index (Phi) is 6.13. The maximum absolute atomic E-state index is 10.4. The van der Waals surface area contributed by atoms with E-state index >= 15 is 0 Å². The van der Waals surface area contributed by atoms with Crippen molar-refractivity contribution in [2.24, 2.45) is 17.6 Å². The molecule has 65 valence electrons. The van der Waals surface area contributed by atoms with E-state index in [1.807, 2.05) is 6.29 Å². The molecule has 0 aromatic heterocycles. The van der Waals surface area contributed by atoms with E-state index in [2.05, 4.69) is 13.8 Å². The highest BCUT2D eigenvalue weighted by atomic mass is 16.1. The number of rotatable bonds is 6. The predicted octanol–water partition coefficient (Wildman–Crippen LogP) is 1.50. The van der Waals surface area contributed by atoms with Gasteiger partial charge in [-0.1, -0.05) is 20.3 Å². The maximum Gasteiger partial charge on any atom is 0.201 e. The van der Waals surface area contributed by atoms with Gasteiger partial charge in [-0.15, -0.1) is 0 Å². The van der Waals surface area contributed by atoms with Gasteiger partial charge in [0.05, 0.1) is 0 Å². The van der Waals surface area contributed by atoms with Gasteiger partial charge in [0.2, 0.25) is 6.29 Å². The molecule has 0 spiro atoms. The Morgan fingerprint density at radius 3 is 2.55 bits per heavy atom. The van der Waals surface area contributed by atoms with Gasteiger partial charge < -0.3 is 5.73 Å². The molecule has 11 heavy (non-hydrogen) atoms. The molecule has 0 rings (SSSR count). The molecule has 0 aliphatic heterocycles. The summed E-state index contributed by atoms with van der Waals surface area (Å²) in [5.74, 6) is 0.683. The van der Waals surface area contributed by atoms with Gasteiger partial charge in [-0.05, 0) is 25.3 Å². The van der Waals surface area contributed by atoms with Crippen molar-refractivity contribution >= 4 is 6.29 Å². The van der Waals surface area contributed by atoms with Crippen LogP contribution in [0.5, 0.6) is 0 Å². The van der Waals surface area contributed by atoms with Crippen molar-refractivity contribution in [3.8, 4) is 0 Å². The lowest BCUT2D eigenvalue weighted by Crippen LogP contribution is -2.12. The zero-order chi connectivity index (χ0) is 8.69. The zero-order valence-corrected chi connectivity index (χ0v) is 7.47. The average molecular weight is 156 g/mol. The lowest BCUT2D eigenvalue weighted by molar-refractivity contribution is 0.416. The second-order valence-electron chi connectivity index (χ2n) is 3.14. The summed E-state index contributed by atoms with van der Waals surface area (Å²) in [5.41, 5.74) is 5.34. The molecule has 0 saturated carbocycles. The Morgan fingerprint density at radius 1 is 1.55 bits per heavy atom. The number of carbonyl (C=O) groups excluding carboxylic acids is 1. The molecule has 2 heteroatoms. The molecular formula is C9H18NO. The summed E-state index contributed by atoms with van der Waals surface area (Å²) in [6.45, 7) is 4.88. The summed E-state index contributed by atoms with van der Waals surface area (Å²) in [5, 5.41) is 0. The lowest BCUT2D eigenvalue weighted by Gasteiger charge is -2.12. The summed E-state index contributed by atoms with van der Waals surface area (Å²) >= 11 is 0. The van der Waals surface area contributed by atoms with Crippen LogP contribution in [0.4, 0.5) is 0 Å². The molecule has 0 bridgehead atoms. The summed E-state index contributed by atoms with van der Waals surface area (Å²) in [6, 6.07) is 0. The summed E-state index contributed by atoms with van der Waals surface area (Å²) < 4.78 is 0. The fourth-order valence-corrected chi connectivity index (χ4v) is 1.08. The smallest absolute Gasteiger partial charge is 0.201 e. The monoisotopic (exact) mass is 156 g/mol. The Morgan fingerprint density at radius 2 is 2.18 bits per heavy atom. The third-order valence-electron chi connectivity index (χ3n) is 2.07. The van der Waals surface area contributed by atoms with Gasteiger partial charge in [-0.2, -0.15) is 0 Å². The topological polar surface area (TPSA) is 43.1 Å². The van der Waals surface area contributed by atoms with Crippen LogP contribution in [0.3, 0.4) is 0 Å². The van der Waals surface area contributed by atoms with Crippen molar-refractivity contribution in [1.29, 1.82) is 0 Å². The van der Waals surface area contributed by atoms with Crippen LogP contribution >= 0.6 is 0 Å². The molecule has 1 radical (unpaired) electrons. The van der Waals surface area contributed by atoms with Crippen molar-refractivity contribution in [2.45, 2.75) is 33.1 Å². The van der Waals surface area contributed by atoms with E-state index in [0.29, 0.717) is 12.5 Å². The van der Waals surface area contributed by atoms with E-state index in [0.717, 1.165) is 19.3 Å². The van der Waals surface area contributed by atoms with Gasteiger partial charge in [0, 0.05) is 5.92 Å². The van der Waals surface area contributed by atoms with Crippen molar-refractivity contribution in [3.63, 3.8) is 0 Å². The molecule has 0 aliphatic rings. The van der Waals surface area contributed by atoms with Crippen LogP contribution < -0.4 is 5.73 Å². The predicted molar refractivity (Wildman–Crippen MR) is 46.9 cm³/mol. The first-order chi connectivity index (χ1) is 5.24. The minimum atomic E-state index is 0.0648. The van der Waals surface area contributed by atoms with Gasteiger partial charge in [0.1, 0.15) is 0 Å². The summed E-state index contributed by atoms with van der Waals surface area (Å²) in [4.78, 5) is 10.4. The quantitative estimate of drug-likeness (QED) is 0.633. The summed E-state index contributed by atoms with van der Waals surface area (Å²) in [6.07, 6.45) is 4.89. The largest absolute Gasteiger partial charge is 0.330 e. The van der Waals surface area contributed by atoms with Crippen LogP contribution in [-0.2, 0) is 4.79 Å². The molecular weight excluding hydrogens is 138 g/mol. The van der Waals surface area contributed by atoms with Crippen LogP contribution in [0.15, 0.2) is 0 Å². The second-order valence-corrected chi connectivity index (χ2v) is 3.14. The average Bonchev–Trinajstić information content (AvgIpc) is 2.03. The molecule has 0 saturated heterocycles. The highest BCUT2D eigenvalue weighted by Crippen LogP contribution is 2.15. The molecule has 0 fully saturated rings. The minimum absolute atomic E-state index is 0.0648. The number of hydrogen-bond acceptors (Lipinski definition) is 2. The van der Waals surface area contributed by atoms with Crippen LogP contribution in [0.25, 0.3) is 0 Å². The van der Waals surface area contributed by atoms with Gasteiger partial charge in [-0.3, -0.25) is 4.79 Å². The fraction of sp³-hybridized carbons (Fsp3) is 0.889. The highest BCUT2D eigenvalue weighted by molar-refractivity contribution is 5.54. The van der Waals surface area contributed by atoms with Crippen molar-refractivity contribution in [1.82, 2.24) is 0 Å². The second kappa shape index (κ2) is 6.35. The van der Waals surface area contributed by atoms with E-state index in [4.69, 9.17) is 5.73 Å². The van der Waals surface area contributed by atoms with E-state index in [1.165, 1.54) is 0 Å². The molecule has 2 N–H and O–H groups in total. The van der Waals surface area contributed by atoms with E-state index in [1.54, 1.807) is 0 Å². The molecule has 2 atom stereocenters. The lowest BCUT2D eigenvalue weighted by atomic mass is 9.93. The molecule has 0 amide bonds. The third kappa shape index (κ3) is 4.96. The Hall–Kier alpha value is -0.370.